The lowest BCUT2D eigenvalue weighted by atomic mass is 10.0. The van der Waals surface area contributed by atoms with E-state index in [4.69, 9.17) is 11.6 Å². The average molecular weight is 286 g/mol. The van der Waals surface area contributed by atoms with Gasteiger partial charge in [0.2, 0.25) is 0 Å². The molecule has 0 fully saturated rings. The van der Waals surface area contributed by atoms with Gasteiger partial charge in [-0.15, -0.1) is 5.10 Å². The van der Waals surface area contributed by atoms with Crippen LogP contribution in [0.3, 0.4) is 0 Å². The summed E-state index contributed by atoms with van der Waals surface area (Å²) in [4.78, 5) is 0. The Bertz CT molecular complexity index is 504. The van der Waals surface area contributed by atoms with Gasteiger partial charge in [0.25, 0.3) is 0 Å². The van der Waals surface area contributed by atoms with Crippen LogP contribution in [0.4, 0.5) is 4.39 Å². The van der Waals surface area contributed by atoms with Crippen molar-refractivity contribution in [1.82, 2.24) is 14.9 Å². The maximum absolute atomic E-state index is 13.2. The number of hydrogen-bond donors (Lipinski definition) is 1. The Balaban J connectivity index is 2.21. The maximum atomic E-state index is 13.2. The summed E-state index contributed by atoms with van der Waals surface area (Å²) in [5.74, 6) is -0.277. The van der Waals surface area contributed by atoms with E-state index in [2.05, 4.69) is 14.9 Å². The fraction of sp³-hybridized carbons (Fsp3) is 0.333. The molecule has 6 heteroatoms. The highest BCUT2D eigenvalue weighted by atomic mass is 35.5. The van der Waals surface area contributed by atoms with Crippen molar-refractivity contribution < 1.29 is 4.39 Å². The quantitative estimate of drug-likeness (QED) is 0.916. The summed E-state index contributed by atoms with van der Waals surface area (Å²) in [6.07, 6.45) is 0.593. The van der Waals surface area contributed by atoms with Crippen LogP contribution in [0, 0.1) is 5.82 Å². The van der Waals surface area contributed by atoms with Crippen molar-refractivity contribution in [3.63, 3.8) is 0 Å². The molecule has 3 nitrogen and oxygen atoms in total. The molecule has 0 spiro atoms. The molecule has 0 aliphatic carbocycles. The summed E-state index contributed by atoms with van der Waals surface area (Å²) in [7, 11) is 0. The Morgan fingerprint density at radius 2 is 2.33 bits per heavy atom. The lowest BCUT2D eigenvalue weighted by molar-refractivity contribution is 0.533. The fourth-order valence-corrected chi connectivity index (χ4v) is 2.47. The van der Waals surface area contributed by atoms with Crippen LogP contribution in [0.15, 0.2) is 23.6 Å². The Morgan fingerprint density at radius 1 is 1.50 bits per heavy atom. The van der Waals surface area contributed by atoms with Crippen molar-refractivity contribution >= 4 is 23.1 Å². The highest BCUT2D eigenvalue weighted by molar-refractivity contribution is 7.03. The van der Waals surface area contributed by atoms with E-state index in [0.717, 1.165) is 17.8 Å². The Kier molecular flexibility index (Phi) is 4.63. The van der Waals surface area contributed by atoms with Crippen LogP contribution in [0.25, 0.3) is 0 Å². The van der Waals surface area contributed by atoms with Crippen LogP contribution in [0.2, 0.25) is 5.02 Å². The predicted molar refractivity (Wildman–Crippen MR) is 71.4 cm³/mol. The molecule has 0 aliphatic heterocycles. The zero-order valence-corrected chi connectivity index (χ0v) is 11.4. The lowest BCUT2D eigenvalue weighted by Gasteiger charge is -2.16. The van der Waals surface area contributed by atoms with E-state index in [9.17, 15) is 4.39 Å². The normalized spacial score (nSPS) is 12.6. The van der Waals surface area contributed by atoms with E-state index in [1.165, 1.54) is 23.7 Å². The SMILES string of the molecule is CCNC(Cc1cc(F)ccc1Cl)c1csnn1. The fourth-order valence-electron chi connectivity index (χ4n) is 1.77. The molecule has 0 bridgehead atoms. The van der Waals surface area contributed by atoms with Crippen LogP contribution in [0.5, 0.6) is 0 Å². The largest absolute Gasteiger partial charge is 0.309 e. The topological polar surface area (TPSA) is 37.8 Å². The highest BCUT2D eigenvalue weighted by Crippen LogP contribution is 2.23. The molecule has 2 rings (SSSR count). The average Bonchev–Trinajstić information content (AvgIpc) is 2.87. The van der Waals surface area contributed by atoms with Crippen molar-refractivity contribution in [2.24, 2.45) is 0 Å². The first kappa shape index (κ1) is 13.4. The predicted octanol–water partition coefficient (Wildman–Crippen LogP) is 3.22. The number of benzene rings is 1. The minimum Gasteiger partial charge on any atom is -0.309 e. The summed E-state index contributed by atoms with van der Waals surface area (Å²) < 4.78 is 17.1. The second kappa shape index (κ2) is 6.22. The van der Waals surface area contributed by atoms with E-state index in [-0.39, 0.29) is 11.9 Å². The monoisotopic (exact) mass is 285 g/mol. The van der Waals surface area contributed by atoms with E-state index in [1.54, 1.807) is 6.07 Å². The lowest BCUT2D eigenvalue weighted by Crippen LogP contribution is -2.23. The molecule has 18 heavy (non-hydrogen) atoms. The summed E-state index contributed by atoms with van der Waals surface area (Å²) >= 11 is 7.38. The molecule has 1 aromatic carbocycles. The van der Waals surface area contributed by atoms with Crippen molar-refractivity contribution in [3.05, 3.63) is 45.7 Å². The van der Waals surface area contributed by atoms with Gasteiger partial charge in [-0.3, -0.25) is 0 Å². The summed E-state index contributed by atoms with van der Waals surface area (Å²) in [6.45, 7) is 2.81. The number of aromatic nitrogens is 2. The first-order valence-corrected chi connectivity index (χ1v) is 6.86. The van der Waals surface area contributed by atoms with Gasteiger partial charge in [0.1, 0.15) is 5.82 Å². The van der Waals surface area contributed by atoms with Crippen LogP contribution in [-0.4, -0.2) is 16.1 Å². The van der Waals surface area contributed by atoms with Crippen molar-refractivity contribution in [3.8, 4) is 0 Å². The Morgan fingerprint density at radius 3 is 3.00 bits per heavy atom. The van der Waals surface area contributed by atoms with Gasteiger partial charge in [-0.25, -0.2) is 4.39 Å². The smallest absolute Gasteiger partial charge is 0.123 e. The molecule has 0 aliphatic rings. The molecule has 0 radical (unpaired) electrons. The summed E-state index contributed by atoms with van der Waals surface area (Å²) in [5.41, 5.74) is 1.64. The third-order valence-electron chi connectivity index (χ3n) is 2.62. The number of halogens is 2. The standard InChI is InChI=1S/C12H13ClFN3S/c1-2-15-11(12-7-18-17-16-12)6-8-5-9(14)3-4-10(8)13/h3-5,7,11,15H,2,6H2,1H3. The van der Waals surface area contributed by atoms with E-state index < -0.39 is 0 Å². The van der Waals surface area contributed by atoms with Gasteiger partial charge >= 0.3 is 0 Å². The van der Waals surface area contributed by atoms with Crippen LogP contribution < -0.4 is 5.32 Å². The first-order chi connectivity index (χ1) is 8.70. The van der Waals surface area contributed by atoms with Gasteiger partial charge in [-0.05, 0) is 48.3 Å². The van der Waals surface area contributed by atoms with Gasteiger partial charge in [0.05, 0.1) is 11.7 Å². The van der Waals surface area contributed by atoms with Gasteiger partial charge in [0.15, 0.2) is 0 Å². The molecule has 0 saturated heterocycles. The third kappa shape index (κ3) is 3.25. The Labute approximate surface area is 114 Å². The zero-order valence-electron chi connectivity index (χ0n) is 9.86. The molecular formula is C12H13ClFN3S. The first-order valence-electron chi connectivity index (χ1n) is 5.65. The molecule has 1 heterocycles. The van der Waals surface area contributed by atoms with Crippen LogP contribution >= 0.6 is 23.1 Å². The van der Waals surface area contributed by atoms with E-state index in [0.29, 0.717) is 11.4 Å². The zero-order chi connectivity index (χ0) is 13.0. The van der Waals surface area contributed by atoms with Gasteiger partial charge < -0.3 is 5.32 Å². The maximum Gasteiger partial charge on any atom is 0.123 e. The van der Waals surface area contributed by atoms with Crippen molar-refractivity contribution in [2.45, 2.75) is 19.4 Å². The van der Waals surface area contributed by atoms with E-state index in [1.807, 2.05) is 12.3 Å². The molecular weight excluding hydrogens is 273 g/mol. The second-order valence-corrected chi connectivity index (χ2v) is 4.90. The number of nitrogens with zero attached hydrogens (tertiary/aromatic N) is 2. The molecule has 0 amide bonds. The molecule has 1 unspecified atom stereocenters. The van der Waals surface area contributed by atoms with Crippen molar-refractivity contribution in [2.75, 3.05) is 6.54 Å². The minimum atomic E-state index is -0.277. The minimum absolute atomic E-state index is 0.00745. The van der Waals surface area contributed by atoms with E-state index >= 15 is 0 Å². The molecule has 1 N–H and O–H groups in total. The molecule has 0 saturated carbocycles. The van der Waals surface area contributed by atoms with Gasteiger partial charge in [-0.1, -0.05) is 23.0 Å². The third-order valence-corrected chi connectivity index (χ3v) is 3.51. The van der Waals surface area contributed by atoms with Crippen LogP contribution in [-0.2, 0) is 6.42 Å². The number of nitrogens with one attached hydrogen (secondary N) is 1. The summed E-state index contributed by atoms with van der Waals surface area (Å²) in [5, 5.41) is 9.82. The molecule has 2 aromatic rings. The van der Waals surface area contributed by atoms with Crippen molar-refractivity contribution in [1.29, 1.82) is 0 Å². The summed E-state index contributed by atoms with van der Waals surface area (Å²) in [6, 6.07) is 4.41. The van der Waals surface area contributed by atoms with Crippen LogP contribution in [0.1, 0.15) is 24.2 Å². The highest BCUT2D eigenvalue weighted by Gasteiger charge is 2.16. The second-order valence-electron chi connectivity index (χ2n) is 3.88. The Hall–Kier alpha value is -1.04. The number of likely N-dealkylation sites (N-methyl/N-ethyl adjacent to an activating group) is 1. The van der Waals surface area contributed by atoms with Gasteiger partial charge in [0, 0.05) is 10.4 Å². The number of hydrogen-bond acceptors (Lipinski definition) is 4. The van der Waals surface area contributed by atoms with Gasteiger partial charge in [-0.2, -0.15) is 0 Å². The number of rotatable bonds is 5. The molecule has 1 aromatic heterocycles. The molecule has 1 atom stereocenters. The molecule has 96 valence electrons.